The molecule has 0 saturated carbocycles. The van der Waals surface area contributed by atoms with Gasteiger partial charge in [-0.15, -0.1) is 11.3 Å². The van der Waals surface area contributed by atoms with Gasteiger partial charge in [-0.25, -0.2) is 4.98 Å². The molecule has 3 atom stereocenters. The van der Waals surface area contributed by atoms with E-state index >= 15 is 0 Å². The second-order valence-corrected chi connectivity index (χ2v) is 13.0. The minimum atomic E-state index is -1.35. The van der Waals surface area contributed by atoms with Gasteiger partial charge < -0.3 is 26.0 Å². The predicted octanol–water partition coefficient (Wildman–Crippen LogP) is 3.74. The van der Waals surface area contributed by atoms with Crippen LogP contribution in [-0.4, -0.2) is 59.0 Å². The number of likely N-dealkylation sites (N-methyl/N-ethyl adjacent to an activating group) is 1. The summed E-state index contributed by atoms with van der Waals surface area (Å²) in [6, 6.07) is 14.1. The van der Waals surface area contributed by atoms with Gasteiger partial charge in [0.25, 0.3) is 11.8 Å². The monoisotopic (exact) mass is 658 g/mol. The fourth-order valence-corrected chi connectivity index (χ4v) is 5.21. The van der Waals surface area contributed by atoms with Crippen molar-refractivity contribution in [3.8, 4) is 6.07 Å². The highest BCUT2D eigenvalue weighted by Crippen LogP contribution is 2.19. The molecule has 47 heavy (non-hydrogen) atoms. The fraction of sp³-hybridized carbons (Fsp3) is 0.371. The molecule has 1 aromatic heterocycles. The average Bonchev–Trinajstić information content (AvgIpc) is 3.48. The van der Waals surface area contributed by atoms with Crippen molar-refractivity contribution in [3.63, 3.8) is 0 Å². The summed E-state index contributed by atoms with van der Waals surface area (Å²) < 4.78 is 0. The maximum absolute atomic E-state index is 13.6. The first-order valence-electron chi connectivity index (χ1n) is 15.3. The molecule has 2 aromatic carbocycles. The van der Waals surface area contributed by atoms with Crippen LogP contribution in [0.15, 0.2) is 66.4 Å². The second-order valence-electron chi connectivity index (χ2n) is 11.8. The van der Waals surface area contributed by atoms with E-state index in [9.17, 15) is 29.5 Å². The highest BCUT2D eigenvalue weighted by molar-refractivity contribution is 7.13. The first-order chi connectivity index (χ1) is 22.3. The maximum Gasteiger partial charge on any atom is 0.268 e. The normalized spacial score (nSPS) is 13.2. The molecule has 4 N–H and O–H groups in total. The number of thiazole rings is 1. The molecule has 0 radical (unpaired) electrons. The number of nitrogens with zero attached hydrogens (tertiary/aromatic N) is 3. The van der Waals surface area contributed by atoms with Crippen molar-refractivity contribution in [2.24, 2.45) is 5.92 Å². The molecule has 0 aliphatic rings. The van der Waals surface area contributed by atoms with Crippen LogP contribution >= 0.6 is 11.3 Å². The summed E-state index contributed by atoms with van der Waals surface area (Å²) in [7, 11) is 1.57. The number of carbonyl (C=O) groups is 4. The molecular formula is C35H42N6O5S. The molecule has 0 fully saturated rings. The van der Waals surface area contributed by atoms with Gasteiger partial charge in [0.15, 0.2) is 0 Å². The Morgan fingerprint density at radius 3 is 2.32 bits per heavy atom. The number of aromatic nitrogens is 1. The largest absolute Gasteiger partial charge is 0.391 e. The summed E-state index contributed by atoms with van der Waals surface area (Å²) in [5.74, 6) is -1.98. The number of anilines is 1. The van der Waals surface area contributed by atoms with Crippen LogP contribution in [0.25, 0.3) is 0 Å². The summed E-state index contributed by atoms with van der Waals surface area (Å²) in [5, 5.41) is 28.8. The topological polar surface area (TPSA) is 165 Å². The zero-order chi connectivity index (χ0) is 34.7. The van der Waals surface area contributed by atoms with Gasteiger partial charge in [0, 0.05) is 25.7 Å². The highest BCUT2D eigenvalue weighted by atomic mass is 32.1. The zero-order valence-electron chi connectivity index (χ0n) is 27.5. The molecule has 0 aliphatic heterocycles. The number of aryl methyl sites for hydroxylation is 2. The smallest absolute Gasteiger partial charge is 0.268 e. The van der Waals surface area contributed by atoms with E-state index in [0.29, 0.717) is 22.7 Å². The lowest BCUT2D eigenvalue weighted by atomic mass is 10.0. The molecular weight excluding hydrogens is 616 g/mol. The van der Waals surface area contributed by atoms with Crippen molar-refractivity contribution in [3.05, 3.63) is 93.0 Å². The van der Waals surface area contributed by atoms with Crippen LogP contribution in [0.3, 0.4) is 0 Å². The number of hydrogen-bond donors (Lipinski definition) is 4. The number of hydrogen-bond acceptors (Lipinski definition) is 8. The van der Waals surface area contributed by atoms with E-state index in [0.717, 1.165) is 22.5 Å². The molecule has 248 valence electrons. The van der Waals surface area contributed by atoms with Gasteiger partial charge >= 0.3 is 0 Å². The van der Waals surface area contributed by atoms with E-state index in [1.807, 2.05) is 51.1 Å². The van der Waals surface area contributed by atoms with Crippen LogP contribution in [0, 0.1) is 31.1 Å². The lowest BCUT2D eigenvalue weighted by Crippen LogP contribution is -2.57. The molecule has 0 saturated heterocycles. The number of allylic oxidation sites excluding steroid dienone is 1. The van der Waals surface area contributed by atoms with Crippen LogP contribution in [0.1, 0.15) is 58.6 Å². The Balaban J connectivity index is 1.85. The third-order valence-electron chi connectivity index (χ3n) is 7.30. The van der Waals surface area contributed by atoms with Gasteiger partial charge in [0.2, 0.25) is 11.8 Å². The summed E-state index contributed by atoms with van der Waals surface area (Å²) in [5.41, 5.74) is 3.10. The number of amides is 4. The number of rotatable bonds is 14. The third kappa shape index (κ3) is 10.9. The van der Waals surface area contributed by atoms with E-state index < -0.39 is 41.8 Å². The number of nitrogens with one attached hydrogen (secondary N) is 3. The van der Waals surface area contributed by atoms with Crippen LogP contribution in [0.2, 0.25) is 0 Å². The maximum atomic E-state index is 13.6. The molecule has 1 unspecified atom stereocenters. The molecule has 4 amide bonds. The third-order valence-corrected chi connectivity index (χ3v) is 8.21. The highest BCUT2D eigenvalue weighted by Gasteiger charge is 2.31. The summed E-state index contributed by atoms with van der Waals surface area (Å²) in [6.45, 7) is 9.28. The van der Waals surface area contributed by atoms with Gasteiger partial charge in [0.1, 0.15) is 28.6 Å². The summed E-state index contributed by atoms with van der Waals surface area (Å²) in [6.07, 6.45) is 2.36. The average molecular weight is 659 g/mol. The number of aliphatic hydroxyl groups is 1. The second kappa shape index (κ2) is 17.2. The molecule has 3 aromatic rings. The summed E-state index contributed by atoms with van der Waals surface area (Å²) >= 11 is 1.15. The van der Waals surface area contributed by atoms with Gasteiger partial charge in [-0.05, 0) is 56.4 Å². The van der Waals surface area contributed by atoms with E-state index in [1.165, 1.54) is 18.0 Å². The van der Waals surface area contributed by atoms with Crippen molar-refractivity contribution >= 4 is 40.7 Å². The van der Waals surface area contributed by atoms with Crippen LogP contribution < -0.4 is 20.9 Å². The van der Waals surface area contributed by atoms with Gasteiger partial charge in [-0.2, -0.15) is 5.26 Å². The minimum Gasteiger partial charge on any atom is -0.391 e. The Labute approximate surface area is 279 Å². The van der Waals surface area contributed by atoms with Gasteiger partial charge in [-0.3, -0.25) is 19.2 Å². The van der Waals surface area contributed by atoms with Crippen LogP contribution in [-0.2, 0) is 27.3 Å². The van der Waals surface area contributed by atoms with Crippen LogP contribution in [0.5, 0.6) is 0 Å². The number of aliphatic hydroxyl groups excluding tert-OH is 1. The standard InChI is InChI=1S/C35H42N6O5S/c1-21(2)10-15-27(18-36)35(46)41(6)28-9-7-8-26(16-28)17-29(32(43)38-19-25-13-11-22(3)12-14-25)39-34(45)31(23(4)42)40-33(44)30-20-37-24(5)47-30/h7-9,11-16,20-21,23,29,31,42H,10,17,19H2,1-6H3,(H,38,43)(H,39,45)(H,40,44)/b27-15+/t23-,29+,31?/m1/s1. The molecule has 0 spiro atoms. The molecule has 11 nitrogen and oxygen atoms in total. The molecule has 1 heterocycles. The first kappa shape index (κ1) is 36.6. The van der Waals surface area contributed by atoms with E-state index in [4.69, 9.17) is 0 Å². The van der Waals surface area contributed by atoms with Crippen molar-refractivity contribution < 1.29 is 24.3 Å². The van der Waals surface area contributed by atoms with Crippen molar-refractivity contribution in [2.75, 3.05) is 11.9 Å². The van der Waals surface area contributed by atoms with Gasteiger partial charge in [0.05, 0.1) is 17.3 Å². The van der Waals surface area contributed by atoms with Crippen molar-refractivity contribution in [1.29, 1.82) is 5.26 Å². The number of benzene rings is 2. The summed E-state index contributed by atoms with van der Waals surface area (Å²) in [4.78, 5) is 58.7. The predicted molar refractivity (Wildman–Crippen MR) is 181 cm³/mol. The SMILES string of the molecule is Cc1ccc(CNC(=O)[C@H](Cc2cccc(N(C)C(=O)/C(C#N)=C/CC(C)C)c2)NC(=O)C(NC(=O)c2cnc(C)s2)[C@@H](C)O)cc1. The van der Waals surface area contributed by atoms with Gasteiger partial charge in [-0.1, -0.05) is 61.9 Å². The number of carbonyl (C=O) groups excluding carboxylic acids is 4. The Bertz CT molecular complexity index is 1640. The first-order valence-corrected chi connectivity index (χ1v) is 16.1. The molecule has 0 aliphatic carbocycles. The quantitative estimate of drug-likeness (QED) is 0.151. The van der Waals surface area contributed by atoms with E-state index in [-0.39, 0.29) is 29.3 Å². The lowest BCUT2D eigenvalue weighted by molar-refractivity contribution is -0.131. The fourth-order valence-electron chi connectivity index (χ4n) is 4.53. The molecule has 0 bridgehead atoms. The molecule has 12 heteroatoms. The Kier molecular flexibility index (Phi) is 13.4. The Hall–Kier alpha value is -4.86. The number of nitriles is 1. The van der Waals surface area contributed by atoms with E-state index in [1.54, 1.807) is 44.3 Å². The van der Waals surface area contributed by atoms with E-state index in [2.05, 4.69) is 20.9 Å². The zero-order valence-corrected chi connectivity index (χ0v) is 28.4. The Morgan fingerprint density at radius 2 is 1.72 bits per heavy atom. The van der Waals surface area contributed by atoms with Crippen molar-refractivity contribution in [2.45, 2.75) is 72.2 Å². The van der Waals surface area contributed by atoms with Crippen LogP contribution in [0.4, 0.5) is 5.69 Å². The minimum absolute atomic E-state index is 0.0319. The Morgan fingerprint density at radius 1 is 1.02 bits per heavy atom. The molecule has 3 rings (SSSR count). The lowest BCUT2D eigenvalue weighted by Gasteiger charge is -2.25. The van der Waals surface area contributed by atoms with Crippen molar-refractivity contribution in [1.82, 2.24) is 20.9 Å².